The van der Waals surface area contributed by atoms with Crippen LogP contribution in [-0.4, -0.2) is 41.3 Å². The zero-order chi connectivity index (χ0) is 14.5. The molecule has 0 amide bonds. The second-order valence-electron chi connectivity index (χ2n) is 4.45. The van der Waals surface area contributed by atoms with Crippen molar-refractivity contribution in [2.24, 2.45) is 0 Å². The van der Waals surface area contributed by atoms with E-state index in [0.717, 1.165) is 10.5 Å². The third kappa shape index (κ3) is 6.24. The molecule has 6 heteroatoms. The zero-order valence-electron chi connectivity index (χ0n) is 10.5. The molecule has 0 saturated heterocycles. The molecule has 0 aliphatic carbocycles. The zero-order valence-corrected chi connectivity index (χ0v) is 10.5. The number of hydrogen-bond acceptors (Lipinski definition) is 2. The minimum absolute atomic E-state index is 0.379. The molecule has 19 heavy (non-hydrogen) atoms. The van der Waals surface area contributed by atoms with Crippen LogP contribution < -0.4 is 0 Å². The van der Waals surface area contributed by atoms with Gasteiger partial charge in [-0.1, -0.05) is 30.3 Å². The molecular formula is C13H16F3NO2. The minimum Gasteiger partial charge on any atom is -0.480 e. The smallest absolute Gasteiger partial charge is 0.401 e. The fraction of sp³-hybridized carbons (Fsp3) is 0.462. The molecule has 0 aliphatic heterocycles. The number of carbonyl (C=O) groups is 1. The van der Waals surface area contributed by atoms with Gasteiger partial charge in [-0.15, -0.1) is 0 Å². The van der Waals surface area contributed by atoms with Crippen LogP contribution in [0, 0.1) is 0 Å². The highest BCUT2D eigenvalue weighted by atomic mass is 19.4. The number of halogens is 3. The molecule has 0 fully saturated rings. The van der Waals surface area contributed by atoms with Gasteiger partial charge in [0.05, 0.1) is 13.1 Å². The number of rotatable bonds is 6. The van der Waals surface area contributed by atoms with E-state index >= 15 is 0 Å². The number of alkyl halides is 3. The Morgan fingerprint density at radius 3 is 2.37 bits per heavy atom. The first-order valence-electron chi connectivity index (χ1n) is 5.84. The molecule has 1 rings (SSSR count). The van der Waals surface area contributed by atoms with Crippen LogP contribution in [0.3, 0.4) is 0 Å². The lowest BCUT2D eigenvalue weighted by atomic mass is 10.1. The summed E-state index contributed by atoms with van der Waals surface area (Å²) in [5.41, 5.74) is 0.882. The number of aliphatic carboxylic acids is 1. The highest BCUT2D eigenvalue weighted by Gasteiger charge is 2.33. The van der Waals surface area contributed by atoms with Crippen molar-refractivity contribution in [3.8, 4) is 0 Å². The molecule has 0 spiro atoms. The van der Waals surface area contributed by atoms with E-state index in [9.17, 15) is 18.0 Å². The minimum atomic E-state index is -4.40. The average Bonchev–Trinajstić information content (AvgIpc) is 2.27. The van der Waals surface area contributed by atoms with Gasteiger partial charge in [0.25, 0.3) is 0 Å². The number of hydrogen-bond donors (Lipinski definition) is 1. The van der Waals surface area contributed by atoms with Crippen molar-refractivity contribution in [2.45, 2.75) is 25.6 Å². The number of nitrogens with zero attached hydrogens (tertiary/aromatic N) is 1. The van der Waals surface area contributed by atoms with Crippen LogP contribution in [0.25, 0.3) is 0 Å². The second-order valence-corrected chi connectivity index (χ2v) is 4.45. The summed E-state index contributed by atoms with van der Waals surface area (Å²) in [5, 5.41) is 8.69. The highest BCUT2D eigenvalue weighted by Crippen LogP contribution is 2.19. The maximum Gasteiger partial charge on any atom is 0.401 e. The van der Waals surface area contributed by atoms with E-state index in [1.165, 1.54) is 0 Å². The standard InChI is InChI=1S/C13H16F3NO2/c1-10(7-11-5-3-2-4-6-11)17(8-12(18)19)9-13(14,15)16/h2-6,10H,7-9H2,1H3,(H,18,19). The lowest BCUT2D eigenvalue weighted by Crippen LogP contribution is -2.44. The Kier molecular flexibility index (Phi) is 5.35. The third-order valence-corrected chi connectivity index (χ3v) is 2.72. The predicted octanol–water partition coefficient (Wildman–Crippen LogP) is 2.57. The van der Waals surface area contributed by atoms with Crippen LogP contribution in [0.1, 0.15) is 12.5 Å². The van der Waals surface area contributed by atoms with Crippen LogP contribution in [0.15, 0.2) is 30.3 Å². The van der Waals surface area contributed by atoms with Gasteiger partial charge in [0.1, 0.15) is 0 Å². The van der Waals surface area contributed by atoms with E-state index in [1.54, 1.807) is 19.1 Å². The van der Waals surface area contributed by atoms with Crippen molar-refractivity contribution in [3.05, 3.63) is 35.9 Å². The van der Waals surface area contributed by atoms with Crippen molar-refractivity contribution in [1.29, 1.82) is 0 Å². The molecule has 0 bridgehead atoms. The molecule has 0 heterocycles. The summed E-state index contributed by atoms with van der Waals surface area (Å²) in [5.74, 6) is -1.26. The molecule has 1 unspecified atom stereocenters. The van der Waals surface area contributed by atoms with Crippen molar-refractivity contribution in [1.82, 2.24) is 4.90 Å². The van der Waals surface area contributed by atoms with Crippen molar-refractivity contribution in [2.75, 3.05) is 13.1 Å². The summed E-state index contributed by atoms with van der Waals surface area (Å²) in [6, 6.07) is 8.53. The van der Waals surface area contributed by atoms with Gasteiger partial charge in [-0.25, -0.2) is 0 Å². The lowest BCUT2D eigenvalue weighted by molar-refractivity contribution is -0.157. The van der Waals surface area contributed by atoms with Gasteiger partial charge < -0.3 is 5.11 Å². The predicted molar refractivity (Wildman–Crippen MR) is 64.9 cm³/mol. The first kappa shape index (κ1) is 15.5. The molecule has 1 aromatic rings. The van der Waals surface area contributed by atoms with E-state index in [-0.39, 0.29) is 0 Å². The van der Waals surface area contributed by atoms with Gasteiger partial charge in [-0.2, -0.15) is 13.2 Å². The van der Waals surface area contributed by atoms with Crippen LogP contribution >= 0.6 is 0 Å². The van der Waals surface area contributed by atoms with Gasteiger partial charge in [0.15, 0.2) is 0 Å². The Hall–Kier alpha value is -1.56. The molecule has 1 aromatic carbocycles. The molecule has 3 nitrogen and oxygen atoms in total. The van der Waals surface area contributed by atoms with E-state index in [2.05, 4.69) is 0 Å². The third-order valence-electron chi connectivity index (χ3n) is 2.72. The van der Waals surface area contributed by atoms with Crippen LogP contribution in [-0.2, 0) is 11.2 Å². The van der Waals surface area contributed by atoms with Gasteiger partial charge in [-0.3, -0.25) is 9.69 Å². The van der Waals surface area contributed by atoms with E-state index in [0.29, 0.717) is 6.42 Å². The second kappa shape index (κ2) is 6.56. The summed E-state index contributed by atoms with van der Waals surface area (Å²) in [6.45, 7) is -0.234. The molecule has 106 valence electrons. The summed E-state index contributed by atoms with van der Waals surface area (Å²) in [6.07, 6.45) is -4.02. The number of benzene rings is 1. The molecule has 1 atom stereocenters. The van der Waals surface area contributed by atoms with Gasteiger partial charge in [0.2, 0.25) is 0 Å². The molecule has 0 radical (unpaired) electrons. The molecule has 0 aromatic heterocycles. The largest absolute Gasteiger partial charge is 0.480 e. The van der Waals surface area contributed by atoms with Gasteiger partial charge in [-0.05, 0) is 18.9 Å². The van der Waals surface area contributed by atoms with Crippen molar-refractivity contribution in [3.63, 3.8) is 0 Å². The molecule has 0 saturated carbocycles. The van der Waals surface area contributed by atoms with Crippen molar-refractivity contribution >= 4 is 5.97 Å². The van der Waals surface area contributed by atoms with E-state index in [4.69, 9.17) is 5.11 Å². The summed E-state index contributed by atoms with van der Waals surface area (Å²) < 4.78 is 37.3. The fourth-order valence-corrected chi connectivity index (χ4v) is 1.86. The van der Waals surface area contributed by atoms with E-state index < -0.39 is 31.3 Å². The quantitative estimate of drug-likeness (QED) is 0.867. The summed E-state index contributed by atoms with van der Waals surface area (Å²) in [4.78, 5) is 11.6. The summed E-state index contributed by atoms with van der Waals surface area (Å²) >= 11 is 0. The Labute approximate surface area is 109 Å². The molecule has 0 aliphatic rings. The van der Waals surface area contributed by atoms with Crippen LogP contribution in [0.4, 0.5) is 13.2 Å². The monoisotopic (exact) mass is 275 g/mol. The fourth-order valence-electron chi connectivity index (χ4n) is 1.86. The highest BCUT2D eigenvalue weighted by molar-refractivity contribution is 5.69. The Morgan fingerprint density at radius 2 is 1.89 bits per heavy atom. The van der Waals surface area contributed by atoms with Crippen LogP contribution in [0.2, 0.25) is 0 Å². The number of carboxylic acid groups (broad SMARTS) is 1. The van der Waals surface area contributed by atoms with Crippen LogP contribution in [0.5, 0.6) is 0 Å². The molecular weight excluding hydrogens is 259 g/mol. The first-order valence-corrected chi connectivity index (χ1v) is 5.84. The maximum atomic E-state index is 12.4. The average molecular weight is 275 g/mol. The first-order chi connectivity index (χ1) is 8.78. The van der Waals surface area contributed by atoms with Crippen molar-refractivity contribution < 1.29 is 23.1 Å². The van der Waals surface area contributed by atoms with E-state index in [1.807, 2.05) is 18.2 Å². The maximum absolute atomic E-state index is 12.4. The normalized spacial score (nSPS) is 13.5. The van der Waals surface area contributed by atoms with Gasteiger partial charge in [0, 0.05) is 6.04 Å². The topological polar surface area (TPSA) is 40.5 Å². The number of carboxylic acids is 1. The SMILES string of the molecule is CC(Cc1ccccc1)N(CC(=O)O)CC(F)(F)F. The Balaban J connectivity index is 2.70. The summed E-state index contributed by atoms with van der Waals surface area (Å²) in [7, 11) is 0. The Morgan fingerprint density at radius 1 is 1.32 bits per heavy atom. The van der Waals surface area contributed by atoms with Gasteiger partial charge >= 0.3 is 12.1 Å². The molecule has 1 N–H and O–H groups in total. The Bertz CT molecular complexity index is 406. The lowest BCUT2D eigenvalue weighted by Gasteiger charge is -2.28.